The molecule has 0 radical (unpaired) electrons. The first-order chi connectivity index (χ1) is 12.1. The molecule has 0 aromatic heterocycles. The van der Waals surface area contributed by atoms with Gasteiger partial charge >= 0.3 is 6.03 Å². The highest BCUT2D eigenvalue weighted by atomic mass is 16.2. The molecule has 6 nitrogen and oxygen atoms in total. The second-order valence-corrected chi connectivity index (χ2v) is 6.07. The fraction of sp³-hybridized carbons (Fsp3) is 0.263. The van der Waals surface area contributed by atoms with Crippen LogP contribution in [0, 0.1) is 0 Å². The highest BCUT2D eigenvalue weighted by Gasteiger charge is 2.23. The number of carbonyl (C=O) groups is 2. The SMILES string of the molecule is C[C@@H]1CNCCN1C(=O)c1ccc(NC(=O)Nc2ccccc2)cc1. The predicted octanol–water partition coefficient (Wildman–Crippen LogP) is 2.76. The van der Waals surface area contributed by atoms with Crippen LogP contribution in [0.3, 0.4) is 0 Å². The summed E-state index contributed by atoms with van der Waals surface area (Å²) in [6.07, 6.45) is 0. The summed E-state index contributed by atoms with van der Waals surface area (Å²) in [5, 5.41) is 8.79. The van der Waals surface area contributed by atoms with Crippen LogP contribution in [0.5, 0.6) is 0 Å². The lowest BCUT2D eigenvalue weighted by atomic mass is 10.1. The summed E-state index contributed by atoms with van der Waals surface area (Å²) in [5.41, 5.74) is 1.99. The van der Waals surface area contributed by atoms with Crippen LogP contribution < -0.4 is 16.0 Å². The van der Waals surface area contributed by atoms with Crippen LogP contribution in [0.25, 0.3) is 0 Å². The van der Waals surface area contributed by atoms with Crippen LogP contribution in [-0.4, -0.2) is 42.5 Å². The van der Waals surface area contributed by atoms with E-state index in [0.29, 0.717) is 17.8 Å². The summed E-state index contributed by atoms with van der Waals surface area (Å²) in [7, 11) is 0. The van der Waals surface area contributed by atoms with Gasteiger partial charge in [-0.1, -0.05) is 18.2 Å². The van der Waals surface area contributed by atoms with Crippen molar-refractivity contribution in [1.82, 2.24) is 10.2 Å². The van der Waals surface area contributed by atoms with Gasteiger partial charge in [-0.05, 0) is 43.3 Å². The fourth-order valence-corrected chi connectivity index (χ4v) is 2.82. The maximum absolute atomic E-state index is 12.6. The summed E-state index contributed by atoms with van der Waals surface area (Å²) < 4.78 is 0. The fourth-order valence-electron chi connectivity index (χ4n) is 2.82. The lowest BCUT2D eigenvalue weighted by molar-refractivity contribution is 0.0656. The number of benzene rings is 2. The van der Waals surface area contributed by atoms with Crippen LogP contribution in [0.4, 0.5) is 16.2 Å². The zero-order valence-corrected chi connectivity index (χ0v) is 14.2. The van der Waals surface area contributed by atoms with E-state index < -0.39 is 0 Å². The van der Waals surface area contributed by atoms with Crippen molar-refractivity contribution < 1.29 is 9.59 Å². The van der Waals surface area contributed by atoms with Crippen molar-refractivity contribution in [2.45, 2.75) is 13.0 Å². The Morgan fingerprint density at radius 3 is 2.28 bits per heavy atom. The zero-order chi connectivity index (χ0) is 17.6. The first-order valence-corrected chi connectivity index (χ1v) is 8.38. The monoisotopic (exact) mass is 338 g/mol. The van der Waals surface area contributed by atoms with E-state index >= 15 is 0 Å². The van der Waals surface area contributed by atoms with Gasteiger partial charge in [-0.2, -0.15) is 0 Å². The van der Waals surface area contributed by atoms with Gasteiger partial charge in [-0.25, -0.2) is 4.79 Å². The topological polar surface area (TPSA) is 73.5 Å². The molecule has 0 unspecified atom stereocenters. The van der Waals surface area contributed by atoms with Crippen molar-refractivity contribution >= 4 is 23.3 Å². The first-order valence-electron chi connectivity index (χ1n) is 8.38. The molecular weight excluding hydrogens is 316 g/mol. The van der Waals surface area contributed by atoms with E-state index in [-0.39, 0.29) is 18.0 Å². The number of urea groups is 1. The highest BCUT2D eigenvalue weighted by molar-refractivity contribution is 6.00. The van der Waals surface area contributed by atoms with Crippen molar-refractivity contribution in [3.63, 3.8) is 0 Å². The van der Waals surface area contributed by atoms with Crippen molar-refractivity contribution in [2.24, 2.45) is 0 Å². The van der Waals surface area contributed by atoms with Crippen molar-refractivity contribution in [3.05, 3.63) is 60.2 Å². The minimum Gasteiger partial charge on any atom is -0.333 e. The number of hydrogen-bond acceptors (Lipinski definition) is 3. The van der Waals surface area contributed by atoms with E-state index in [9.17, 15) is 9.59 Å². The minimum absolute atomic E-state index is 0.0225. The van der Waals surface area contributed by atoms with E-state index in [2.05, 4.69) is 16.0 Å². The molecule has 3 N–H and O–H groups in total. The maximum Gasteiger partial charge on any atom is 0.323 e. The number of nitrogens with zero attached hydrogens (tertiary/aromatic N) is 1. The average Bonchev–Trinajstić information content (AvgIpc) is 2.63. The zero-order valence-electron chi connectivity index (χ0n) is 14.2. The van der Waals surface area contributed by atoms with Gasteiger partial charge in [0, 0.05) is 42.6 Å². The smallest absolute Gasteiger partial charge is 0.323 e. The highest BCUT2D eigenvalue weighted by Crippen LogP contribution is 2.15. The van der Waals surface area contributed by atoms with Crippen LogP contribution in [0.2, 0.25) is 0 Å². The normalized spacial score (nSPS) is 17.0. The minimum atomic E-state index is -0.319. The Morgan fingerprint density at radius 1 is 1.00 bits per heavy atom. The van der Waals surface area contributed by atoms with E-state index in [1.807, 2.05) is 42.2 Å². The lowest BCUT2D eigenvalue weighted by Crippen LogP contribution is -2.52. The average molecular weight is 338 g/mol. The Bertz CT molecular complexity index is 731. The molecule has 2 aromatic carbocycles. The van der Waals surface area contributed by atoms with Gasteiger partial charge in [0.15, 0.2) is 0 Å². The molecule has 1 heterocycles. The van der Waals surface area contributed by atoms with Crippen molar-refractivity contribution in [1.29, 1.82) is 0 Å². The number of piperazine rings is 1. The molecule has 1 atom stereocenters. The molecule has 3 amide bonds. The van der Waals surface area contributed by atoms with Gasteiger partial charge in [0.25, 0.3) is 5.91 Å². The van der Waals surface area contributed by atoms with Crippen LogP contribution in [0.15, 0.2) is 54.6 Å². The molecule has 1 saturated heterocycles. The number of rotatable bonds is 3. The number of amides is 3. The Kier molecular flexibility index (Phi) is 5.30. The Morgan fingerprint density at radius 2 is 1.64 bits per heavy atom. The summed E-state index contributed by atoms with van der Waals surface area (Å²) in [4.78, 5) is 26.4. The van der Waals surface area contributed by atoms with E-state index in [0.717, 1.165) is 18.8 Å². The first kappa shape index (κ1) is 17.0. The van der Waals surface area contributed by atoms with Gasteiger partial charge in [-0.3, -0.25) is 4.79 Å². The van der Waals surface area contributed by atoms with E-state index in [1.54, 1.807) is 24.3 Å². The van der Waals surface area contributed by atoms with Crippen molar-refractivity contribution in [2.75, 3.05) is 30.3 Å². The quantitative estimate of drug-likeness (QED) is 0.806. The number of carbonyl (C=O) groups excluding carboxylic acids is 2. The molecule has 25 heavy (non-hydrogen) atoms. The standard InChI is InChI=1S/C19H22N4O2/c1-14-13-20-11-12-23(14)18(24)15-7-9-17(10-8-15)22-19(25)21-16-5-3-2-4-6-16/h2-10,14,20H,11-13H2,1H3,(H2,21,22,25)/t14-/m1/s1. The molecule has 3 rings (SSSR count). The van der Waals surface area contributed by atoms with Gasteiger partial charge < -0.3 is 20.9 Å². The molecule has 2 aromatic rings. The molecule has 0 aliphatic carbocycles. The molecule has 1 aliphatic rings. The summed E-state index contributed by atoms with van der Waals surface area (Å²) in [6, 6.07) is 16.1. The van der Waals surface area contributed by atoms with E-state index in [4.69, 9.17) is 0 Å². The summed E-state index contributed by atoms with van der Waals surface area (Å²) >= 11 is 0. The Labute approximate surface area is 147 Å². The molecule has 130 valence electrons. The maximum atomic E-state index is 12.6. The van der Waals surface area contributed by atoms with E-state index in [1.165, 1.54) is 0 Å². The number of nitrogens with one attached hydrogen (secondary N) is 3. The number of para-hydroxylation sites is 1. The second kappa shape index (κ2) is 7.81. The summed E-state index contributed by atoms with van der Waals surface area (Å²) in [6.45, 7) is 4.37. The third-order valence-electron chi connectivity index (χ3n) is 4.18. The van der Waals surface area contributed by atoms with Gasteiger partial charge in [0.2, 0.25) is 0 Å². The molecule has 1 aliphatic heterocycles. The molecule has 0 saturated carbocycles. The third-order valence-corrected chi connectivity index (χ3v) is 4.18. The molecule has 1 fully saturated rings. The van der Waals surface area contributed by atoms with Crippen molar-refractivity contribution in [3.8, 4) is 0 Å². The lowest BCUT2D eigenvalue weighted by Gasteiger charge is -2.34. The predicted molar refractivity (Wildman–Crippen MR) is 98.9 cm³/mol. The van der Waals surface area contributed by atoms with Crippen LogP contribution in [0.1, 0.15) is 17.3 Å². The van der Waals surface area contributed by atoms with Gasteiger partial charge in [-0.15, -0.1) is 0 Å². The second-order valence-electron chi connectivity index (χ2n) is 6.07. The summed E-state index contributed by atoms with van der Waals surface area (Å²) in [5.74, 6) is 0.0225. The molecule has 0 spiro atoms. The van der Waals surface area contributed by atoms with Gasteiger partial charge in [0.1, 0.15) is 0 Å². The Hall–Kier alpha value is -2.86. The molecule has 6 heteroatoms. The third kappa shape index (κ3) is 4.36. The number of anilines is 2. The van der Waals surface area contributed by atoms with Crippen LogP contribution in [-0.2, 0) is 0 Å². The molecular formula is C19H22N4O2. The van der Waals surface area contributed by atoms with Crippen LogP contribution >= 0.6 is 0 Å². The van der Waals surface area contributed by atoms with Gasteiger partial charge in [0.05, 0.1) is 0 Å². The molecule has 0 bridgehead atoms. The number of hydrogen-bond donors (Lipinski definition) is 3. The Balaban J connectivity index is 1.60. The largest absolute Gasteiger partial charge is 0.333 e.